The largest absolute Gasteiger partial charge is 0.391 e. The molecule has 1 aromatic heterocycles. The summed E-state index contributed by atoms with van der Waals surface area (Å²) >= 11 is 0. The highest BCUT2D eigenvalue weighted by Crippen LogP contribution is 2.20. The lowest BCUT2D eigenvalue weighted by atomic mass is 10.0. The molecule has 23 heavy (non-hydrogen) atoms. The zero-order chi connectivity index (χ0) is 16.2. The molecule has 2 aliphatic heterocycles. The second kappa shape index (κ2) is 7.38. The predicted octanol–water partition coefficient (Wildman–Crippen LogP) is 0.688. The molecule has 0 bridgehead atoms. The Morgan fingerprint density at radius 1 is 1.26 bits per heavy atom. The zero-order valence-electron chi connectivity index (χ0n) is 13.6. The van der Waals surface area contributed by atoms with Crippen LogP contribution < -0.4 is 0 Å². The smallest absolute Gasteiger partial charge is 0.272 e. The van der Waals surface area contributed by atoms with Crippen molar-refractivity contribution in [3.63, 3.8) is 0 Å². The van der Waals surface area contributed by atoms with Crippen molar-refractivity contribution in [1.29, 1.82) is 0 Å². The fourth-order valence-electron chi connectivity index (χ4n) is 3.47. The maximum absolute atomic E-state index is 12.7. The van der Waals surface area contributed by atoms with E-state index in [1.165, 1.54) is 0 Å². The lowest BCUT2D eigenvalue weighted by molar-refractivity contribution is -0.0222. The molecule has 0 spiro atoms. The van der Waals surface area contributed by atoms with Gasteiger partial charge < -0.3 is 14.7 Å². The number of aliphatic hydroxyl groups is 1. The summed E-state index contributed by atoms with van der Waals surface area (Å²) in [4.78, 5) is 21.1. The number of pyridine rings is 1. The quantitative estimate of drug-likeness (QED) is 0.869. The first-order valence-corrected chi connectivity index (χ1v) is 8.37. The highest BCUT2D eigenvalue weighted by atomic mass is 16.5. The summed E-state index contributed by atoms with van der Waals surface area (Å²) in [5, 5.41) is 10.5. The molecule has 6 nitrogen and oxygen atoms in total. The number of aromatic nitrogens is 1. The van der Waals surface area contributed by atoms with Crippen molar-refractivity contribution in [2.75, 3.05) is 39.4 Å². The van der Waals surface area contributed by atoms with Crippen molar-refractivity contribution in [3.05, 3.63) is 29.6 Å². The summed E-state index contributed by atoms with van der Waals surface area (Å²) in [5.74, 6) is -0.0297. The van der Waals surface area contributed by atoms with Gasteiger partial charge in [-0.15, -0.1) is 0 Å². The summed E-state index contributed by atoms with van der Waals surface area (Å²) in [7, 11) is 0. The molecular weight excluding hydrogens is 294 g/mol. The van der Waals surface area contributed by atoms with Gasteiger partial charge in [-0.1, -0.05) is 6.07 Å². The van der Waals surface area contributed by atoms with Crippen molar-refractivity contribution in [3.8, 4) is 0 Å². The average molecular weight is 319 g/mol. The van der Waals surface area contributed by atoms with E-state index in [1.54, 1.807) is 6.20 Å². The number of hydrogen-bond acceptors (Lipinski definition) is 5. The van der Waals surface area contributed by atoms with Crippen molar-refractivity contribution in [2.24, 2.45) is 0 Å². The van der Waals surface area contributed by atoms with E-state index in [0.717, 1.165) is 38.3 Å². The summed E-state index contributed by atoms with van der Waals surface area (Å²) < 4.78 is 5.39. The van der Waals surface area contributed by atoms with Crippen molar-refractivity contribution in [1.82, 2.24) is 14.8 Å². The van der Waals surface area contributed by atoms with E-state index in [4.69, 9.17) is 4.74 Å². The van der Waals surface area contributed by atoms with Crippen LogP contribution in [0.25, 0.3) is 0 Å². The SMILES string of the molecule is Cc1cccnc1C(=O)N1CC[C@H](O)[C@@H](N2CCOCC2)CC1. The summed E-state index contributed by atoms with van der Waals surface area (Å²) in [5.41, 5.74) is 1.42. The Morgan fingerprint density at radius 3 is 2.74 bits per heavy atom. The molecule has 0 saturated carbocycles. The standard InChI is InChI=1S/C17H25N3O3/c1-13-3-2-6-18-16(13)17(22)20-7-4-14(15(21)5-8-20)19-9-11-23-12-10-19/h2-3,6,14-15,21H,4-5,7-12H2,1H3/t14-,15-/m0/s1. The number of likely N-dealkylation sites (tertiary alicyclic amines) is 1. The van der Waals surface area contributed by atoms with Crippen LogP contribution in [0.1, 0.15) is 28.9 Å². The number of aryl methyl sites for hydroxylation is 1. The van der Waals surface area contributed by atoms with Crippen LogP contribution in [0, 0.1) is 6.92 Å². The fraction of sp³-hybridized carbons (Fsp3) is 0.647. The Hall–Kier alpha value is -1.50. The molecule has 0 unspecified atom stereocenters. The minimum Gasteiger partial charge on any atom is -0.391 e. The Kier molecular flexibility index (Phi) is 5.25. The van der Waals surface area contributed by atoms with Crippen LogP contribution in [-0.4, -0.2) is 77.3 Å². The molecule has 0 aliphatic carbocycles. The number of amides is 1. The first kappa shape index (κ1) is 16.4. The van der Waals surface area contributed by atoms with Gasteiger partial charge in [0.15, 0.2) is 0 Å². The van der Waals surface area contributed by atoms with E-state index in [0.29, 0.717) is 25.2 Å². The van der Waals surface area contributed by atoms with E-state index >= 15 is 0 Å². The molecule has 2 saturated heterocycles. The average Bonchev–Trinajstić information content (AvgIpc) is 2.77. The molecule has 6 heteroatoms. The Morgan fingerprint density at radius 2 is 2.00 bits per heavy atom. The van der Waals surface area contributed by atoms with Crippen LogP contribution in [0.4, 0.5) is 0 Å². The van der Waals surface area contributed by atoms with E-state index in [-0.39, 0.29) is 11.9 Å². The van der Waals surface area contributed by atoms with Crippen molar-refractivity contribution >= 4 is 5.91 Å². The number of carbonyl (C=O) groups excluding carboxylic acids is 1. The summed E-state index contributed by atoms with van der Waals surface area (Å²) in [6.07, 6.45) is 2.66. The highest BCUT2D eigenvalue weighted by Gasteiger charge is 2.32. The molecular formula is C17H25N3O3. The highest BCUT2D eigenvalue weighted by molar-refractivity contribution is 5.93. The van der Waals surface area contributed by atoms with Gasteiger partial charge in [-0.25, -0.2) is 0 Å². The van der Waals surface area contributed by atoms with Crippen LogP contribution in [0.2, 0.25) is 0 Å². The third-order valence-electron chi connectivity index (χ3n) is 4.85. The molecule has 3 heterocycles. The van der Waals surface area contributed by atoms with Crippen molar-refractivity contribution < 1.29 is 14.6 Å². The van der Waals surface area contributed by atoms with Gasteiger partial charge in [0.25, 0.3) is 5.91 Å². The first-order valence-electron chi connectivity index (χ1n) is 8.37. The van der Waals surface area contributed by atoms with E-state index in [1.807, 2.05) is 24.0 Å². The number of aliphatic hydroxyl groups excluding tert-OH is 1. The predicted molar refractivity (Wildman–Crippen MR) is 86.3 cm³/mol. The Bertz CT molecular complexity index is 546. The van der Waals surface area contributed by atoms with Crippen LogP contribution in [0.15, 0.2) is 18.3 Å². The Labute approximate surface area is 137 Å². The van der Waals surface area contributed by atoms with Gasteiger partial charge in [-0.05, 0) is 31.4 Å². The summed E-state index contributed by atoms with van der Waals surface area (Å²) in [6.45, 7) is 6.30. The normalized spacial score (nSPS) is 26.8. The van der Waals surface area contributed by atoms with Gasteiger partial charge in [-0.3, -0.25) is 14.7 Å². The van der Waals surface area contributed by atoms with Gasteiger partial charge in [0.05, 0.1) is 19.3 Å². The van der Waals surface area contributed by atoms with Gasteiger partial charge in [0, 0.05) is 38.4 Å². The van der Waals surface area contributed by atoms with Gasteiger partial charge in [0.2, 0.25) is 0 Å². The summed E-state index contributed by atoms with van der Waals surface area (Å²) in [6, 6.07) is 3.86. The monoisotopic (exact) mass is 319 g/mol. The zero-order valence-corrected chi connectivity index (χ0v) is 13.6. The number of rotatable bonds is 2. The van der Waals surface area contributed by atoms with E-state index in [9.17, 15) is 9.90 Å². The van der Waals surface area contributed by atoms with Gasteiger partial charge >= 0.3 is 0 Å². The van der Waals surface area contributed by atoms with Crippen LogP contribution in [0.5, 0.6) is 0 Å². The molecule has 1 aromatic rings. The topological polar surface area (TPSA) is 65.9 Å². The van der Waals surface area contributed by atoms with Crippen molar-refractivity contribution in [2.45, 2.75) is 31.9 Å². The van der Waals surface area contributed by atoms with Gasteiger partial charge in [-0.2, -0.15) is 0 Å². The molecule has 2 fully saturated rings. The second-order valence-electron chi connectivity index (χ2n) is 6.32. The van der Waals surface area contributed by atoms with Crippen LogP contribution >= 0.6 is 0 Å². The molecule has 0 radical (unpaired) electrons. The Balaban J connectivity index is 1.67. The third kappa shape index (κ3) is 3.71. The molecule has 1 amide bonds. The minimum absolute atomic E-state index is 0.0297. The fourth-order valence-corrected chi connectivity index (χ4v) is 3.47. The minimum atomic E-state index is -0.393. The number of carbonyl (C=O) groups is 1. The lowest BCUT2D eigenvalue weighted by Gasteiger charge is -2.36. The maximum atomic E-state index is 12.7. The number of hydrogen-bond donors (Lipinski definition) is 1. The molecule has 0 aromatic carbocycles. The number of ether oxygens (including phenoxy) is 1. The van der Waals surface area contributed by atoms with Crippen LogP contribution in [0.3, 0.4) is 0 Å². The second-order valence-corrected chi connectivity index (χ2v) is 6.32. The number of nitrogens with zero attached hydrogens (tertiary/aromatic N) is 3. The van der Waals surface area contributed by atoms with E-state index in [2.05, 4.69) is 9.88 Å². The first-order chi connectivity index (χ1) is 11.2. The third-order valence-corrected chi connectivity index (χ3v) is 4.85. The lowest BCUT2D eigenvalue weighted by Crippen LogP contribution is -2.49. The molecule has 1 N–H and O–H groups in total. The molecule has 3 rings (SSSR count). The molecule has 126 valence electrons. The van der Waals surface area contributed by atoms with E-state index < -0.39 is 6.10 Å². The van der Waals surface area contributed by atoms with Gasteiger partial charge in [0.1, 0.15) is 5.69 Å². The van der Waals surface area contributed by atoms with Crippen LogP contribution in [-0.2, 0) is 4.74 Å². The molecule has 2 aliphatic rings. The maximum Gasteiger partial charge on any atom is 0.272 e. The number of morpholine rings is 1. The molecule has 2 atom stereocenters.